The van der Waals surface area contributed by atoms with Crippen LogP contribution in [-0.2, 0) is 0 Å². The van der Waals surface area contributed by atoms with Crippen LogP contribution in [0.5, 0.6) is 0 Å². The second kappa shape index (κ2) is 7.01. The highest BCUT2D eigenvalue weighted by Crippen LogP contribution is 2.65. The summed E-state index contributed by atoms with van der Waals surface area (Å²) in [5, 5.41) is 0. The van der Waals surface area contributed by atoms with E-state index in [2.05, 4.69) is 0 Å². The van der Waals surface area contributed by atoms with Crippen molar-refractivity contribution in [2.45, 2.75) is 53.8 Å². The van der Waals surface area contributed by atoms with Gasteiger partial charge in [-0.1, -0.05) is 0 Å². The van der Waals surface area contributed by atoms with E-state index in [1.165, 1.54) is 0 Å². The third-order valence-corrected chi connectivity index (χ3v) is 3.25. The Kier molecular flexibility index (Phi) is 6.68. The van der Waals surface area contributed by atoms with Gasteiger partial charge in [0.15, 0.2) is 0 Å². The SMILES string of the molecule is F[C](C(F)(F)F)C(F)(F)C(F)(F)C(F)(F)C(F)(F)C(F)(F)C(F)(F)C(F)(F)C(F)(F)F. The van der Waals surface area contributed by atoms with Crippen LogP contribution in [0.25, 0.3) is 0 Å². The maximum absolute atomic E-state index is 13.1. The highest BCUT2D eigenvalue weighted by Gasteiger charge is 2.96. The summed E-state index contributed by atoms with van der Waals surface area (Å²) in [4.78, 5) is 0. The lowest BCUT2D eigenvalue weighted by Crippen LogP contribution is -2.75. The fourth-order valence-corrected chi connectivity index (χ4v) is 1.48. The van der Waals surface area contributed by atoms with Crippen LogP contribution in [0.3, 0.4) is 0 Å². The van der Waals surface area contributed by atoms with E-state index in [1.807, 2.05) is 0 Å². The molecule has 0 fully saturated rings. The number of rotatable bonds is 7. The Morgan fingerprint density at radius 3 is 0.774 bits per heavy atom. The molecule has 0 aromatic rings. The molecule has 21 heteroatoms. The molecule has 0 nitrogen and oxygen atoms in total. The van der Waals surface area contributed by atoms with Gasteiger partial charge in [0.25, 0.3) is 0 Å². The zero-order chi connectivity index (χ0) is 26.1. The van der Waals surface area contributed by atoms with Crippen LogP contribution in [0.2, 0.25) is 0 Å². The molecule has 0 aromatic carbocycles. The summed E-state index contributed by atoms with van der Waals surface area (Å²) in [5.41, 5.74) is 0. The van der Waals surface area contributed by atoms with Crippen molar-refractivity contribution >= 4 is 0 Å². The highest BCUT2D eigenvalue weighted by molar-refractivity contribution is 5.19. The molecule has 0 heterocycles. The lowest BCUT2D eigenvalue weighted by atomic mass is 9.88. The fourth-order valence-electron chi connectivity index (χ4n) is 1.48. The molecule has 0 aliphatic carbocycles. The molecule has 0 saturated carbocycles. The van der Waals surface area contributed by atoms with Gasteiger partial charge in [-0.25, -0.2) is 4.39 Å². The van der Waals surface area contributed by atoms with Gasteiger partial charge in [-0.2, -0.15) is 87.8 Å². The van der Waals surface area contributed by atoms with Gasteiger partial charge in [0.05, 0.1) is 0 Å². The first-order valence-electron chi connectivity index (χ1n) is 6.22. The van der Waals surface area contributed by atoms with Gasteiger partial charge < -0.3 is 0 Å². The molecule has 0 amide bonds. The predicted molar refractivity (Wildman–Crippen MR) is 51.1 cm³/mol. The molecule has 0 atom stereocenters. The van der Waals surface area contributed by atoms with Crippen LogP contribution in [0.1, 0.15) is 0 Å². The molecule has 0 unspecified atom stereocenters. The predicted octanol–water partition coefficient (Wildman–Crippen LogP) is 7.06. The molecule has 0 aromatic heterocycles. The molecule has 1 radical (unpaired) electrons. The topological polar surface area (TPSA) is 0 Å². The first kappa shape index (κ1) is 29.5. The summed E-state index contributed by atoms with van der Waals surface area (Å²) in [5.74, 6) is -61.3. The first-order chi connectivity index (χ1) is 12.9. The van der Waals surface area contributed by atoms with Crippen molar-refractivity contribution in [3.63, 3.8) is 0 Å². The molecule has 31 heavy (non-hydrogen) atoms. The summed E-state index contributed by atoms with van der Waals surface area (Å²) in [6.45, 7) is 0. The van der Waals surface area contributed by atoms with Crippen molar-refractivity contribution in [1.29, 1.82) is 0 Å². The monoisotopic (exact) mass is 519 g/mol. The highest BCUT2D eigenvalue weighted by atomic mass is 19.4. The first-order valence-corrected chi connectivity index (χ1v) is 6.22. The summed E-state index contributed by atoms with van der Waals surface area (Å²) < 4.78 is 263. The van der Waals surface area contributed by atoms with E-state index in [4.69, 9.17) is 0 Å². The molecule has 0 spiro atoms. The van der Waals surface area contributed by atoms with Crippen LogP contribution in [-0.4, -0.2) is 53.8 Å². The fraction of sp³-hybridized carbons (Fsp3) is 0.900. The maximum atomic E-state index is 13.1. The van der Waals surface area contributed by atoms with E-state index < -0.39 is 60.0 Å². The van der Waals surface area contributed by atoms with Crippen molar-refractivity contribution in [3.8, 4) is 0 Å². The van der Waals surface area contributed by atoms with Gasteiger partial charge in [-0.3, -0.25) is 0 Å². The van der Waals surface area contributed by atoms with Crippen molar-refractivity contribution < 1.29 is 92.2 Å². The van der Waals surface area contributed by atoms with Gasteiger partial charge in [-0.05, 0) is 0 Å². The van der Waals surface area contributed by atoms with Crippen molar-refractivity contribution in [3.05, 3.63) is 6.17 Å². The second-order valence-electron chi connectivity index (χ2n) is 5.33. The van der Waals surface area contributed by atoms with Gasteiger partial charge in [-0.15, -0.1) is 0 Å². The summed E-state index contributed by atoms with van der Waals surface area (Å²) >= 11 is 0. The Balaban J connectivity index is 6.84. The zero-order valence-corrected chi connectivity index (χ0v) is 12.9. The van der Waals surface area contributed by atoms with Crippen LogP contribution in [0, 0.1) is 6.17 Å². The van der Waals surface area contributed by atoms with Gasteiger partial charge in [0.1, 0.15) is 0 Å². The molecular weight excluding hydrogens is 519 g/mol. The van der Waals surface area contributed by atoms with Crippen LogP contribution >= 0.6 is 0 Å². The number of halogens is 21. The van der Waals surface area contributed by atoms with E-state index in [0.717, 1.165) is 0 Å². The van der Waals surface area contributed by atoms with Crippen molar-refractivity contribution in [2.75, 3.05) is 0 Å². The Morgan fingerprint density at radius 2 is 0.548 bits per heavy atom. The van der Waals surface area contributed by atoms with Crippen molar-refractivity contribution in [1.82, 2.24) is 0 Å². The lowest BCUT2D eigenvalue weighted by Gasteiger charge is -2.43. The molecule has 0 saturated heterocycles. The molecule has 0 N–H and O–H groups in total. The third kappa shape index (κ3) is 3.71. The molecule has 0 aliphatic rings. The maximum Gasteiger partial charge on any atom is 0.460 e. The van der Waals surface area contributed by atoms with Crippen LogP contribution < -0.4 is 0 Å². The Morgan fingerprint density at radius 1 is 0.323 bits per heavy atom. The number of alkyl halides is 20. The number of hydrogen-bond donors (Lipinski definition) is 0. The van der Waals surface area contributed by atoms with E-state index >= 15 is 0 Å². The molecule has 0 bridgehead atoms. The quantitative estimate of drug-likeness (QED) is 0.316. The average Bonchev–Trinajstić information content (AvgIpc) is 2.50. The van der Waals surface area contributed by atoms with Gasteiger partial charge in [0.2, 0.25) is 0 Å². The molecule has 187 valence electrons. The Bertz CT molecular complexity index is 646. The summed E-state index contributed by atoms with van der Waals surface area (Å²) in [6, 6.07) is 0. The smallest absolute Gasteiger partial charge is 0.222 e. The normalized spacial score (nSPS) is 16.8. The second-order valence-corrected chi connectivity index (χ2v) is 5.33. The average molecular weight is 519 g/mol. The van der Waals surface area contributed by atoms with E-state index in [0.29, 0.717) is 0 Å². The Labute approximate surface area is 153 Å². The number of hydrogen-bond acceptors (Lipinski definition) is 0. The summed E-state index contributed by atoms with van der Waals surface area (Å²) in [7, 11) is 0. The van der Waals surface area contributed by atoms with Crippen LogP contribution in [0.4, 0.5) is 92.2 Å². The minimum absolute atomic E-state index is 5.56. The van der Waals surface area contributed by atoms with Gasteiger partial charge in [0, 0.05) is 0 Å². The molecule has 0 rings (SSSR count). The molecule has 0 aliphatic heterocycles. The lowest BCUT2D eigenvalue weighted by molar-refractivity contribution is -0.462. The molecular formula is C10F21. The van der Waals surface area contributed by atoms with Crippen molar-refractivity contribution in [2.24, 2.45) is 0 Å². The summed E-state index contributed by atoms with van der Waals surface area (Å²) in [6.07, 6.45) is -20.9. The minimum Gasteiger partial charge on any atom is -0.222 e. The standard InChI is InChI=1S/C10F21/c11-1(3(14,15)16)2(12,13)4(17,18)5(19,20)6(21,22)7(23,24)8(25,26)9(27,28)10(29,30)31. The van der Waals surface area contributed by atoms with E-state index in [-0.39, 0.29) is 0 Å². The van der Waals surface area contributed by atoms with E-state index in [9.17, 15) is 92.2 Å². The Hall–Kier alpha value is -1.47. The van der Waals surface area contributed by atoms with Gasteiger partial charge >= 0.3 is 60.0 Å². The zero-order valence-electron chi connectivity index (χ0n) is 12.9. The van der Waals surface area contributed by atoms with Crippen LogP contribution in [0.15, 0.2) is 0 Å². The minimum atomic E-state index is -9.07. The van der Waals surface area contributed by atoms with E-state index in [1.54, 1.807) is 0 Å². The largest absolute Gasteiger partial charge is 0.460 e. The third-order valence-electron chi connectivity index (χ3n) is 3.25.